The van der Waals surface area contributed by atoms with Gasteiger partial charge in [0.15, 0.2) is 6.61 Å². The highest BCUT2D eigenvalue weighted by atomic mass is 16.5. The molecule has 1 aliphatic rings. The minimum Gasteiger partial charge on any atom is -0.482 e. The van der Waals surface area contributed by atoms with Crippen molar-refractivity contribution in [2.45, 2.75) is 19.8 Å². The van der Waals surface area contributed by atoms with Gasteiger partial charge in [0.1, 0.15) is 5.75 Å². The first-order valence-corrected chi connectivity index (χ1v) is 6.44. The van der Waals surface area contributed by atoms with Crippen LogP contribution in [0.1, 0.15) is 30.1 Å². The Morgan fingerprint density at radius 3 is 3.00 bits per heavy atom. The zero-order valence-corrected chi connectivity index (χ0v) is 11.2. The molecule has 2 amide bonds. The first-order valence-electron chi connectivity index (χ1n) is 6.44. The summed E-state index contributed by atoms with van der Waals surface area (Å²) >= 11 is 0. The normalized spacial score (nSPS) is 13.3. The summed E-state index contributed by atoms with van der Waals surface area (Å²) in [5, 5.41) is 2.70. The van der Waals surface area contributed by atoms with E-state index >= 15 is 0 Å². The van der Waals surface area contributed by atoms with Crippen LogP contribution in [-0.4, -0.2) is 36.9 Å². The minimum absolute atomic E-state index is 0.0245. The first-order chi connectivity index (χ1) is 9.11. The van der Waals surface area contributed by atoms with Crippen molar-refractivity contribution in [3.63, 3.8) is 0 Å². The van der Waals surface area contributed by atoms with E-state index in [4.69, 9.17) is 4.74 Å². The summed E-state index contributed by atoms with van der Waals surface area (Å²) in [6.07, 6.45) is 2.03. The van der Waals surface area contributed by atoms with Gasteiger partial charge in [0.2, 0.25) is 0 Å². The Morgan fingerprint density at radius 1 is 1.47 bits per heavy atom. The molecule has 0 atom stereocenters. The van der Waals surface area contributed by atoms with Gasteiger partial charge in [0.25, 0.3) is 11.8 Å². The van der Waals surface area contributed by atoms with E-state index in [1.165, 1.54) is 0 Å². The predicted molar refractivity (Wildman–Crippen MR) is 72.4 cm³/mol. The molecule has 0 radical (unpaired) electrons. The lowest BCUT2D eigenvalue weighted by Crippen LogP contribution is -2.29. The summed E-state index contributed by atoms with van der Waals surface area (Å²) in [5.74, 6) is 0.361. The average Bonchev–Trinajstić information content (AvgIpc) is 2.43. The van der Waals surface area contributed by atoms with Gasteiger partial charge in [-0.1, -0.05) is 13.3 Å². The number of rotatable bonds is 4. The van der Waals surface area contributed by atoms with Crippen LogP contribution < -0.4 is 10.1 Å². The Bertz CT molecular complexity index is 499. The SMILES string of the molecule is CCCCN(C)C(=O)c1ccc2c(c1)NC(=O)CO2. The molecule has 0 spiro atoms. The van der Waals surface area contributed by atoms with Crippen molar-refractivity contribution in [2.75, 3.05) is 25.5 Å². The molecular weight excluding hydrogens is 244 g/mol. The molecule has 1 N–H and O–H groups in total. The smallest absolute Gasteiger partial charge is 0.262 e. The fourth-order valence-electron chi connectivity index (χ4n) is 1.93. The maximum Gasteiger partial charge on any atom is 0.262 e. The Hall–Kier alpha value is -2.04. The maximum absolute atomic E-state index is 12.2. The van der Waals surface area contributed by atoms with Crippen LogP contribution in [0.3, 0.4) is 0 Å². The number of fused-ring (bicyclic) bond motifs is 1. The number of unbranched alkanes of at least 4 members (excludes halogenated alkanes) is 1. The number of nitrogens with zero attached hydrogens (tertiary/aromatic N) is 1. The molecule has 0 saturated carbocycles. The molecule has 0 bridgehead atoms. The van der Waals surface area contributed by atoms with Crippen molar-refractivity contribution in [3.8, 4) is 5.75 Å². The molecule has 19 heavy (non-hydrogen) atoms. The molecule has 1 aromatic rings. The number of carbonyl (C=O) groups excluding carboxylic acids is 2. The topological polar surface area (TPSA) is 58.6 Å². The largest absolute Gasteiger partial charge is 0.482 e. The number of amides is 2. The average molecular weight is 262 g/mol. The van der Waals surface area contributed by atoms with E-state index in [2.05, 4.69) is 12.2 Å². The molecule has 0 aliphatic carbocycles. The summed E-state index contributed by atoms with van der Waals surface area (Å²) in [7, 11) is 1.78. The number of hydrogen-bond acceptors (Lipinski definition) is 3. The monoisotopic (exact) mass is 262 g/mol. The molecule has 5 heteroatoms. The Kier molecular flexibility index (Phi) is 4.04. The van der Waals surface area contributed by atoms with E-state index < -0.39 is 0 Å². The third-order valence-corrected chi connectivity index (χ3v) is 3.05. The van der Waals surface area contributed by atoms with Gasteiger partial charge in [-0.2, -0.15) is 0 Å². The number of carbonyl (C=O) groups is 2. The zero-order valence-electron chi connectivity index (χ0n) is 11.2. The highest BCUT2D eigenvalue weighted by Crippen LogP contribution is 2.28. The van der Waals surface area contributed by atoms with Crippen LogP contribution in [0, 0.1) is 0 Å². The van der Waals surface area contributed by atoms with E-state index in [1.807, 2.05) is 0 Å². The molecular formula is C14H18N2O3. The molecule has 0 unspecified atom stereocenters. The maximum atomic E-state index is 12.2. The van der Waals surface area contributed by atoms with Crippen molar-refractivity contribution in [1.29, 1.82) is 0 Å². The van der Waals surface area contributed by atoms with E-state index in [1.54, 1.807) is 30.1 Å². The van der Waals surface area contributed by atoms with Crippen LogP contribution in [0.15, 0.2) is 18.2 Å². The summed E-state index contributed by atoms with van der Waals surface area (Å²) in [5.41, 5.74) is 1.12. The summed E-state index contributed by atoms with van der Waals surface area (Å²) < 4.78 is 5.26. The van der Waals surface area contributed by atoms with Gasteiger partial charge >= 0.3 is 0 Å². The van der Waals surface area contributed by atoms with Crippen molar-refractivity contribution in [2.24, 2.45) is 0 Å². The van der Waals surface area contributed by atoms with Crippen molar-refractivity contribution < 1.29 is 14.3 Å². The molecule has 5 nitrogen and oxygen atoms in total. The number of anilines is 1. The molecule has 0 saturated heterocycles. The van der Waals surface area contributed by atoms with Crippen molar-refractivity contribution >= 4 is 17.5 Å². The van der Waals surface area contributed by atoms with Crippen LogP contribution in [-0.2, 0) is 4.79 Å². The second-order valence-corrected chi connectivity index (χ2v) is 4.63. The van der Waals surface area contributed by atoms with Gasteiger partial charge in [0, 0.05) is 19.2 Å². The lowest BCUT2D eigenvalue weighted by Gasteiger charge is -2.20. The quantitative estimate of drug-likeness (QED) is 0.901. The van der Waals surface area contributed by atoms with E-state index in [-0.39, 0.29) is 18.4 Å². The van der Waals surface area contributed by atoms with Crippen molar-refractivity contribution in [1.82, 2.24) is 4.90 Å². The Labute approximate surface area is 112 Å². The molecule has 1 aromatic carbocycles. The fraction of sp³-hybridized carbons (Fsp3) is 0.429. The summed E-state index contributed by atoms with van der Waals surface area (Å²) in [4.78, 5) is 25.1. The second-order valence-electron chi connectivity index (χ2n) is 4.63. The third kappa shape index (κ3) is 3.05. The molecule has 2 rings (SSSR count). The van der Waals surface area contributed by atoms with E-state index in [0.717, 1.165) is 19.4 Å². The van der Waals surface area contributed by atoms with Crippen LogP contribution in [0.5, 0.6) is 5.75 Å². The molecule has 0 fully saturated rings. The molecule has 0 aromatic heterocycles. The second kappa shape index (κ2) is 5.73. The highest BCUT2D eigenvalue weighted by molar-refractivity contribution is 5.99. The van der Waals surface area contributed by atoms with Gasteiger partial charge in [-0.3, -0.25) is 9.59 Å². The number of ether oxygens (including phenoxy) is 1. The highest BCUT2D eigenvalue weighted by Gasteiger charge is 2.19. The van der Waals surface area contributed by atoms with Gasteiger partial charge in [-0.05, 0) is 24.6 Å². The van der Waals surface area contributed by atoms with Gasteiger partial charge in [0.05, 0.1) is 5.69 Å². The Balaban J connectivity index is 2.15. The lowest BCUT2D eigenvalue weighted by atomic mass is 10.1. The van der Waals surface area contributed by atoms with Gasteiger partial charge in [-0.15, -0.1) is 0 Å². The molecule has 1 aliphatic heterocycles. The van der Waals surface area contributed by atoms with Crippen LogP contribution in [0.25, 0.3) is 0 Å². The van der Waals surface area contributed by atoms with Crippen molar-refractivity contribution in [3.05, 3.63) is 23.8 Å². The first kappa shape index (κ1) is 13.4. The van der Waals surface area contributed by atoms with E-state index in [0.29, 0.717) is 17.0 Å². The van der Waals surface area contributed by atoms with Gasteiger partial charge in [-0.25, -0.2) is 0 Å². The number of nitrogens with one attached hydrogen (secondary N) is 1. The third-order valence-electron chi connectivity index (χ3n) is 3.05. The fourth-order valence-corrected chi connectivity index (χ4v) is 1.93. The van der Waals surface area contributed by atoms with Crippen LogP contribution >= 0.6 is 0 Å². The number of hydrogen-bond donors (Lipinski definition) is 1. The Morgan fingerprint density at radius 2 is 2.26 bits per heavy atom. The standard InChI is InChI=1S/C14H18N2O3/c1-3-4-7-16(2)14(18)10-5-6-12-11(8-10)15-13(17)9-19-12/h5-6,8H,3-4,7,9H2,1-2H3,(H,15,17). The van der Waals surface area contributed by atoms with Gasteiger partial charge < -0.3 is 15.0 Å². The van der Waals surface area contributed by atoms with E-state index in [9.17, 15) is 9.59 Å². The predicted octanol–water partition coefficient (Wildman–Crippen LogP) is 1.89. The zero-order chi connectivity index (χ0) is 13.8. The lowest BCUT2D eigenvalue weighted by molar-refractivity contribution is -0.118. The number of benzene rings is 1. The van der Waals surface area contributed by atoms with Crippen LogP contribution in [0.2, 0.25) is 0 Å². The molecule has 1 heterocycles. The molecule has 102 valence electrons. The summed E-state index contributed by atoms with van der Waals surface area (Å²) in [6.45, 7) is 2.84. The van der Waals surface area contributed by atoms with Crippen LogP contribution in [0.4, 0.5) is 5.69 Å². The summed E-state index contributed by atoms with van der Waals surface area (Å²) in [6, 6.07) is 5.11. The minimum atomic E-state index is -0.198.